The second-order valence-corrected chi connectivity index (χ2v) is 8.76. The number of rotatable bonds is 6. The molecule has 9 heteroatoms. The number of benzene rings is 1. The molecule has 1 heterocycles. The molecular formula is C29H41Cl2N5O2. The monoisotopic (exact) mass is 561 g/mol. The average Bonchev–Trinajstić information content (AvgIpc) is 3.27. The number of nitrogens with one attached hydrogen (secondary N) is 2. The second-order valence-electron chi connectivity index (χ2n) is 7.84. The molecule has 7 nitrogen and oxygen atoms in total. The zero-order valence-corrected chi connectivity index (χ0v) is 24.8. The van der Waals surface area contributed by atoms with Gasteiger partial charge in [-0.15, -0.1) is 0 Å². The highest BCUT2D eigenvalue weighted by molar-refractivity contribution is 6.31. The van der Waals surface area contributed by atoms with Crippen molar-refractivity contribution in [3.8, 4) is 0 Å². The van der Waals surface area contributed by atoms with E-state index in [2.05, 4.69) is 32.1 Å². The molecule has 2 N–H and O–H groups in total. The molecule has 2 unspecified atom stereocenters. The van der Waals surface area contributed by atoms with Gasteiger partial charge in [0, 0.05) is 61.1 Å². The maximum Gasteiger partial charge on any atom is 0.226 e. The van der Waals surface area contributed by atoms with Crippen LogP contribution in [0.25, 0.3) is 0 Å². The SMILES string of the molecule is C=C(Cl)/C=C\C=NC.CC.CN1CCN=C1c1ccc(C=O)cc1.CNC(=O)C1C=C(Cl)C=CC(NC)C1. The molecule has 0 radical (unpaired) electrons. The van der Waals surface area contributed by atoms with Crippen molar-refractivity contribution < 1.29 is 9.59 Å². The van der Waals surface area contributed by atoms with Crippen molar-refractivity contribution in [2.75, 3.05) is 41.3 Å². The average molecular weight is 563 g/mol. The van der Waals surface area contributed by atoms with Gasteiger partial charge in [-0.2, -0.15) is 0 Å². The minimum atomic E-state index is -0.153. The number of allylic oxidation sites excluding steroid dienone is 5. The Hall–Kier alpha value is -3.00. The number of amidine groups is 1. The van der Waals surface area contributed by atoms with E-state index in [-0.39, 0.29) is 17.9 Å². The molecule has 38 heavy (non-hydrogen) atoms. The lowest BCUT2D eigenvalue weighted by atomic mass is 10.0. The molecule has 0 bridgehead atoms. The second kappa shape index (κ2) is 21.0. The van der Waals surface area contributed by atoms with Gasteiger partial charge < -0.3 is 15.5 Å². The summed E-state index contributed by atoms with van der Waals surface area (Å²) in [4.78, 5) is 32.1. The lowest BCUT2D eigenvalue weighted by Crippen LogP contribution is -2.32. The van der Waals surface area contributed by atoms with Crippen LogP contribution < -0.4 is 10.6 Å². The predicted octanol–water partition coefficient (Wildman–Crippen LogP) is 5.23. The van der Waals surface area contributed by atoms with Gasteiger partial charge in [-0.25, -0.2) is 0 Å². The predicted molar refractivity (Wildman–Crippen MR) is 164 cm³/mol. The van der Waals surface area contributed by atoms with Crippen LogP contribution >= 0.6 is 23.2 Å². The number of amides is 1. The molecule has 0 saturated carbocycles. The Morgan fingerprint density at radius 2 is 1.89 bits per heavy atom. The van der Waals surface area contributed by atoms with Crippen molar-refractivity contribution in [1.29, 1.82) is 0 Å². The fourth-order valence-corrected chi connectivity index (χ4v) is 3.54. The lowest BCUT2D eigenvalue weighted by molar-refractivity contribution is -0.123. The minimum Gasteiger partial charge on any atom is -0.359 e. The van der Waals surface area contributed by atoms with Gasteiger partial charge in [-0.3, -0.25) is 19.6 Å². The van der Waals surface area contributed by atoms with Gasteiger partial charge in [0.25, 0.3) is 0 Å². The zero-order valence-electron chi connectivity index (χ0n) is 23.2. The number of aliphatic imine (C=N–C) groups is 2. The van der Waals surface area contributed by atoms with Crippen LogP contribution in [0.5, 0.6) is 0 Å². The third-order valence-electron chi connectivity index (χ3n) is 5.19. The van der Waals surface area contributed by atoms with Crippen molar-refractivity contribution in [3.63, 3.8) is 0 Å². The molecule has 1 aliphatic carbocycles. The third kappa shape index (κ3) is 14.1. The number of hydrogen-bond donors (Lipinski definition) is 2. The van der Waals surface area contributed by atoms with E-state index in [1.807, 2.05) is 64.4 Å². The summed E-state index contributed by atoms with van der Waals surface area (Å²) in [6, 6.07) is 7.70. The van der Waals surface area contributed by atoms with E-state index in [0.29, 0.717) is 15.6 Å². The fourth-order valence-electron chi connectivity index (χ4n) is 3.25. The van der Waals surface area contributed by atoms with Crippen LogP contribution in [0.15, 0.2) is 81.3 Å². The van der Waals surface area contributed by atoms with Crippen molar-refractivity contribution in [2.24, 2.45) is 15.9 Å². The number of likely N-dealkylation sites (N-methyl/N-ethyl adjacent to an activating group) is 2. The number of carbonyl (C=O) groups is 2. The summed E-state index contributed by atoms with van der Waals surface area (Å²) in [7, 11) is 7.23. The molecule has 2 aliphatic rings. The Balaban J connectivity index is 0.000000544. The highest BCUT2D eigenvalue weighted by Gasteiger charge is 2.20. The van der Waals surface area contributed by atoms with Gasteiger partial charge in [0.2, 0.25) is 5.91 Å². The van der Waals surface area contributed by atoms with Crippen LogP contribution in [0.4, 0.5) is 0 Å². The van der Waals surface area contributed by atoms with Gasteiger partial charge in [0.05, 0.1) is 12.5 Å². The molecule has 0 fully saturated rings. The number of hydrogen-bond acceptors (Lipinski definition) is 6. The minimum absolute atomic E-state index is 0.00657. The summed E-state index contributed by atoms with van der Waals surface area (Å²) in [6.45, 7) is 9.28. The molecular weight excluding hydrogens is 521 g/mol. The van der Waals surface area contributed by atoms with E-state index in [4.69, 9.17) is 23.2 Å². The van der Waals surface area contributed by atoms with Gasteiger partial charge in [0.1, 0.15) is 12.1 Å². The normalized spacial score (nSPS) is 18.1. The summed E-state index contributed by atoms with van der Waals surface area (Å²) in [5.74, 6) is 0.870. The first-order valence-corrected chi connectivity index (χ1v) is 13.2. The van der Waals surface area contributed by atoms with Crippen molar-refractivity contribution in [3.05, 3.63) is 82.4 Å². The number of nitrogens with zero attached hydrogens (tertiary/aromatic N) is 3. The van der Waals surface area contributed by atoms with Crippen LogP contribution in [0.2, 0.25) is 0 Å². The van der Waals surface area contributed by atoms with E-state index in [0.717, 1.165) is 37.2 Å². The summed E-state index contributed by atoms with van der Waals surface area (Å²) in [6.07, 6.45) is 12.2. The van der Waals surface area contributed by atoms with Crippen LogP contribution in [-0.2, 0) is 4.79 Å². The van der Waals surface area contributed by atoms with Gasteiger partial charge in [-0.1, -0.05) is 80.0 Å². The van der Waals surface area contributed by atoms with E-state index < -0.39 is 0 Å². The van der Waals surface area contributed by atoms with E-state index in [1.54, 1.807) is 38.5 Å². The molecule has 3 rings (SSSR count). The van der Waals surface area contributed by atoms with Gasteiger partial charge in [0.15, 0.2) is 0 Å². The van der Waals surface area contributed by atoms with Crippen LogP contribution in [0.1, 0.15) is 36.2 Å². The Bertz CT molecular complexity index is 1010. The summed E-state index contributed by atoms with van der Waals surface area (Å²) in [5.41, 5.74) is 1.78. The molecule has 1 aromatic carbocycles. The van der Waals surface area contributed by atoms with E-state index in [1.165, 1.54) is 0 Å². The number of aldehydes is 1. The molecule has 208 valence electrons. The first-order valence-electron chi connectivity index (χ1n) is 12.4. The smallest absolute Gasteiger partial charge is 0.226 e. The Morgan fingerprint density at radius 1 is 1.24 bits per heavy atom. The summed E-state index contributed by atoms with van der Waals surface area (Å²) in [5, 5.41) is 6.88. The number of carbonyl (C=O) groups excluding carboxylic acids is 2. The Morgan fingerprint density at radius 3 is 2.37 bits per heavy atom. The lowest BCUT2D eigenvalue weighted by Gasteiger charge is -2.15. The Labute approximate surface area is 238 Å². The van der Waals surface area contributed by atoms with Crippen LogP contribution in [0.3, 0.4) is 0 Å². The first-order chi connectivity index (χ1) is 18.2. The first kappa shape index (κ1) is 35.0. The quantitative estimate of drug-likeness (QED) is 0.283. The maximum absolute atomic E-state index is 11.5. The van der Waals surface area contributed by atoms with Crippen LogP contribution in [0, 0.1) is 5.92 Å². The summed E-state index contributed by atoms with van der Waals surface area (Å²) >= 11 is 11.3. The highest BCUT2D eigenvalue weighted by atomic mass is 35.5. The van der Waals surface area contributed by atoms with E-state index >= 15 is 0 Å². The van der Waals surface area contributed by atoms with Crippen molar-refractivity contribution in [1.82, 2.24) is 15.5 Å². The maximum atomic E-state index is 11.5. The van der Waals surface area contributed by atoms with Crippen molar-refractivity contribution >= 4 is 47.4 Å². The summed E-state index contributed by atoms with van der Waals surface area (Å²) < 4.78 is 0. The van der Waals surface area contributed by atoms with Gasteiger partial charge in [-0.05, 0) is 31.7 Å². The van der Waals surface area contributed by atoms with E-state index in [9.17, 15) is 9.59 Å². The fraction of sp³-hybridized carbons (Fsp3) is 0.379. The molecule has 0 saturated heterocycles. The molecule has 2 atom stereocenters. The molecule has 0 aromatic heterocycles. The molecule has 0 spiro atoms. The molecule has 1 aliphatic heterocycles. The Kier molecular flexibility index (Phi) is 19.3. The topological polar surface area (TPSA) is 86.2 Å². The van der Waals surface area contributed by atoms with Crippen molar-refractivity contribution in [2.45, 2.75) is 26.3 Å². The standard InChI is InChI=1S/C11H12N2O.C10H15ClN2O.C6H8ClN.C2H6/c1-13-7-6-12-11(13)10-4-2-9(8-14)3-5-10;1-12-9-4-3-8(11)5-7(6-9)10(14)13-2;1-6(7)4-3-5-8-2;1-2/h2-5,8H,6-7H2,1H3;3-5,7,9,12H,6H2,1-2H3,(H,13,14);3-5H,1H2,2H3;1-2H3/b;;4-3-,8-5?;. The highest BCUT2D eigenvalue weighted by Crippen LogP contribution is 2.19. The molecule has 1 amide bonds. The third-order valence-corrected chi connectivity index (χ3v) is 5.56. The van der Waals surface area contributed by atoms with Crippen LogP contribution in [-0.4, -0.2) is 76.5 Å². The van der Waals surface area contributed by atoms with Gasteiger partial charge >= 0.3 is 0 Å². The zero-order chi connectivity index (χ0) is 28.9. The largest absolute Gasteiger partial charge is 0.359 e. The molecule has 1 aromatic rings. The number of halogens is 2.